The van der Waals surface area contributed by atoms with Crippen molar-refractivity contribution in [3.63, 3.8) is 0 Å². The molecule has 0 saturated heterocycles. The fourth-order valence-electron chi connectivity index (χ4n) is 1.51. The second kappa shape index (κ2) is 5.94. The summed E-state index contributed by atoms with van der Waals surface area (Å²) < 4.78 is 32.5. The van der Waals surface area contributed by atoms with Crippen molar-refractivity contribution in [3.8, 4) is 0 Å². The van der Waals surface area contributed by atoms with Crippen molar-refractivity contribution in [2.45, 2.75) is 24.8 Å². The second-order valence-electron chi connectivity index (χ2n) is 4.08. The number of sulfonamides is 1. The Labute approximate surface area is 125 Å². The highest BCUT2D eigenvalue weighted by molar-refractivity contribution is 9.10. The van der Waals surface area contributed by atoms with Crippen LogP contribution in [0.4, 0.5) is 5.69 Å². The maximum Gasteiger partial charge on any atom is 0.241 e. The summed E-state index contributed by atoms with van der Waals surface area (Å²) in [4.78, 5) is 4.12. The average molecular weight is 360 g/mol. The first-order chi connectivity index (χ1) is 9.42. The van der Waals surface area contributed by atoms with Gasteiger partial charge in [0.1, 0.15) is 5.76 Å². The van der Waals surface area contributed by atoms with Crippen LogP contribution in [0, 0.1) is 0 Å². The van der Waals surface area contributed by atoms with Crippen LogP contribution in [0.5, 0.6) is 0 Å². The molecule has 0 fully saturated rings. The highest BCUT2D eigenvalue weighted by Crippen LogP contribution is 2.23. The van der Waals surface area contributed by atoms with Gasteiger partial charge in [-0.05, 0) is 34.1 Å². The first-order valence-electron chi connectivity index (χ1n) is 5.90. The normalized spacial score (nSPS) is 11.7. The molecule has 2 rings (SSSR count). The maximum absolute atomic E-state index is 12.1. The molecule has 8 heteroatoms. The van der Waals surface area contributed by atoms with E-state index in [0.29, 0.717) is 22.5 Å². The van der Waals surface area contributed by atoms with E-state index in [1.54, 1.807) is 6.20 Å². The topological polar surface area (TPSA) is 98.2 Å². The smallest absolute Gasteiger partial charge is 0.241 e. The van der Waals surface area contributed by atoms with Gasteiger partial charge >= 0.3 is 0 Å². The third-order valence-electron chi connectivity index (χ3n) is 2.65. The van der Waals surface area contributed by atoms with E-state index in [-0.39, 0.29) is 11.4 Å². The summed E-state index contributed by atoms with van der Waals surface area (Å²) in [5, 5.41) is 0. The molecule has 1 heterocycles. The van der Waals surface area contributed by atoms with Gasteiger partial charge in [-0.15, -0.1) is 0 Å². The number of anilines is 1. The molecule has 0 radical (unpaired) electrons. The molecule has 1 aromatic carbocycles. The molecule has 0 atom stereocenters. The molecule has 0 spiro atoms. The molecule has 0 unspecified atom stereocenters. The number of hydrogen-bond acceptors (Lipinski definition) is 5. The summed E-state index contributed by atoms with van der Waals surface area (Å²) in [5.41, 5.74) is 6.10. The van der Waals surface area contributed by atoms with E-state index in [1.165, 1.54) is 18.2 Å². The number of aromatic nitrogens is 1. The minimum atomic E-state index is -3.63. The SMILES string of the molecule is CCc1cnc(CNS(=O)(=O)c2ccc(N)c(Br)c2)o1. The maximum atomic E-state index is 12.1. The van der Waals surface area contributed by atoms with Gasteiger partial charge in [0, 0.05) is 16.6 Å². The van der Waals surface area contributed by atoms with Crippen molar-refractivity contribution < 1.29 is 12.8 Å². The first kappa shape index (κ1) is 15.0. The summed E-state index contributed by atoms with van der Waals surface area (Å²) in [7, 11) is -3.63. The number of benzene rings is 1. The first-order valence-corrected chi connectivity index (χ1v) is 8.18. The highest BCUT2D eigenvalue weighted by atomic mass is 79.9. The number of nitrogens with two attached hydrogens (primary N) is 1. The van der Waals surface area contributed by atoms with Crippen molar-refractivity contribution >= 4 is 31.6 Å². The molecule has 0 aliphatic rings. The quantitative estimate of drug-likeness (QED) is 0.796. The van der Waals surface area contributed by atoms with Crippen molar-refractivity contribution in [2.24, 2.45) is 0 Å². The number of aryl methyl sites for hydroxylation is 1. The van der Waals surface area contributed by atoms with Crippen LogP contribution in [-0.4, -0.2) is 13.4 Å². The van der Waals surface area contributed by atoms with Crippen LogP contribution in [0.15, 0.2) is 38.2 Å². The molecule has 0 bridgehead atoms. The van der Waals surface area contributed by atoms with E-state index < -0.39 is 10.0 Å². The number of nitrogens with zero attached hydrogens (tertiary/aromatic N) is 1. The van der Waals surface area contributed by atoms with E-state index >= 15 is 0 Å². The summed E-state index contributed by atoms with van der Waals surface area (Å²) >= 11 is 3.20. The Kier molecular flexibility index (Phi) is 4.46. The largest absolute Gasteiger partial charge is 0.444 e. The van der Waals surface area contributed by atoms with E-state index in [2.05, 4.69) is 25.6 Å². The molecule has 2 aromatic rings. The molecule has 0 amide bonds. The van der Waals surface area contributed by atoms with E-state index in [9.17, 15) is 8.42 Å². The zero-order valence-corrected chi connectivity index (χ0v) is 13.2. The Balaban J connectivity index is 2.12. The minimum absolute atomic E-state index is 0.00429. The number of halogens is 1. The van der Waals surface area contributed by atoms with Crippen LogP contribution in [0.3, 0.4) is 0 Å². The standard InChI is InChI=1S/C12H14BrN3O3S/c1-2-8-6-15-12(19-8)7-16-20(17,18)9-3-4-11(14)10(13)5-9/h3-6,16H,2,7,14H2,1H3. The van der Waals surface area contributed by atoms with Gasteiger partial charge in [0.2, 0.25) is 15.9 Å². The van der Waals surface area contributed by atoms with Crippen molar-refractivity contribution in [2.75, 3.05) is 5.73 Å². The van der Waals surface area contributed by atoms with Crippen LogP contribution in [-0.2, 0) is 23.0 Å². The summed E-state index contributed by atoms with van der Waals surface area (Å²) in [6.45, 7) is 1.94. The lowest BCUT2D eigenvalue weighted by molar-refractivity contribution is 0.452. The third kappa shape index (κ3) is 3.38. The monoisotopic (exact) mass is 359 g/mol. The molecule has 3 N–H and O–H groups in total. The lowest BCUT2D eigenvalue weighted by Gasteiger charge is -2.06. The number of nitrogen functional groups attached to an aromatic ring is 1. The zero-order valence-electron chi connectivity index (χ0n) is 10.8. The van der Waals surface area contributed by atoms with Crippen LogP contribution in [0.25, 0.3) is 0 Å². The number of rotatable bonds is 5. The Morgan fingerprint density at radius 1 is 1.45 bits per heavy atom. The van der Waals surface area contributed by atoms with Crippen LogP contribution >= 0.6 is 15.9 Å². The number of hydrogen-bond donors (Lipinski definition) is 2. The Bertz CT molecular complexity index is 712. The van der Waals surface area contributed by atoms with Gasteiger partial charge < -0.3 is 10.2 Å². The van der Waals surface area contributed by atoms with Crippen LogP contribution in [0.1, 0.15) is 18.6 Å². The van der Waals surface area contributed by atoms with Gasteiger partial charge in [0.25, 0.3) is 0 Å². The van der Waals surface area contributed by atoms with Crippen LogP contribution in [0.2, 0.25) is 0 Å². The fraction of sp³-hybridized carbons (Fsp3) is 0.250. The Morgan fingerprint density at radius 3 is 2.80 bits per heavy atom. The molecule has 1 aromatic heterocycles. The molecule has 6 nitrogen and oxygen atoms in total. The fourth-order valence-corrected chi connectivity index (χ4v) is 3.04. The molecular weight excluding hydrogens is 346 g/mol. The van der Waals surface area contributed by atoms with Crippen LogP contribution < -0.4 is 10.5 Å². The van der Waals surface area contributed by atoms with E-state index in [4.69, 9.17) is 10.2 Å². The Hall–Kier alpha value is -1.38. The molecular formula is C12H14BrN3O3S. The molecule has 0 aliphatic carbocycles. The summed E-state index contributed by atoms with van der Waals surface area (Å²) in [5.74, 6) is 1.05. The van der Waals surface area contributed by atoms with E-state index in [0.717, 1.165) is 5.76 Å². The van der Waals surface area contributed by atoms with Gasteiger partial charge in [-0.3, -0.25) is 0 Å². The van der Waals surface area contributed by atoms with Gasteiger partial charge in [-0.2, -0.15) is 0 Å². The predicted molar refractivity (Wildman–Crippen MR) is 78.5 cm³/mol. The van der Waals surface area contributed by atoms with Gasteiger partial charge in [-0.1, -0.05) is 6.92 Å². The number of nitrogens with one attached hydrogen (secondary N) is 1. The lowest BCUT2D eigenvalue weighted by Crippen LogP contribution is -2.23. The molecule has 20 heavy (non-hydrogen) atoms. The molecule has 0 saturated carbocycles. The minimum Gasteiger partial charge on any atom is -0.444 e. The predicted octanol–water partition coefficient (Wildman–Crippen LogP) is 2.06. The summed E-state index contributed by atoms with van der Waals surface area (Å²) in [6, 6.07) is 4.42. The Morgan fingerprint density at radius 2 is 2.20 bits per heavy atom. The second-order valence-corrected chi connectivity index (χ2v) is 6.70. The average Bonchev–Trinajstić information content (AvgIpc) is 2.87. The summed E-state index contributed by atoms with van der Waals surface area (Å²) in [6.07, 6.45) is 2.30. The van der Waals surface area contributed by atoms with Crippen molar-refractivity contribution in [1.82, 2.24) is 9.71 Å². The highest BCUT2D eigenvalue weighted by Gasteiger charge is 2.16. The molecule has 0 aliphatic heterocycles. The third-order valence-corrected chi connectivity index (χ3v) is 4.73. The lowest BCUT2D eigenvalue weighted by atomic mass is 10.3. The van der Waals surface area contributed by atoms with Crippen molar-refractivity contribution in [1.29, 1.82) is 0 Å². The van der Waals surface area contributed by atoms with E-state index in [1.807, 2.05) is 6.92 Å². The van der Waals surface area contributed by atoms with Gasteiger partial charge in [-0.25, -0.2) is 18.1 Å². The molecule has 108 valence electrons. The van der Waals surface area contributed by atoms with Gasteiger partial charge in [0.15, 0.2) is 0 Å². The number of oxazole rings is 1. The van der Waals surface area contributed by atoms with Crippen molar-refractivity contribution in [3.05, 3.63) is 40.5 Å². The zero-order chi connectivity index (χ0) is 14.8. The van der Waals surface area contributed by atoms with Gasteiger partial charge in [0.05, 0.1) is 17.6 Å².